The van der Waals surface area contributed by atoms with Crippen LogP contribution in [0, 0.1) is 0 Å². The second-order valence-corrected chi connectivity index (χ2v) is 6.35. The molecule has 1 unspecified atom stereocenters. The van der Waals surface area contributed by atoms with E-state index < -0.39 is 0 Å². The van der Waals surface area contributed by atoms with Crippen molar-refractivity contribution in [3.8, 4) is 5.75 Å². The van der Waals surface area contributed by atoms with E-state index in [2.05, 4.69) is 35.2 Å². The number of esters is 1. The molecular weight excluding hydrogens is 288 g/mol. The van der Waals surface area contributed by atoms with Crippen LogP contribution in [0.3, 0.4) is 0 Å². The molecule has 0 saturated carbocycles. The maximum absolute atomic E-state index is 11.3. The number of hydrogen-bond acceptors (Lipinski definition) is 4. The Bertz CT molecular complexity index is 785. The summed E-state index contributed by atoms with van der Waals surface area (Å²) in [5.74, 6) is 0.148. The molecule has 1 atom stereocenters. The number of nitrogens with two attached hydrogens (primary N) is 1. The first-order valence-corrected chi connectivity index (χ1v) is 8.04. The first-order valence-electron chi connectivity index (χ1n) is 8.04. The molecule has 118 valence electrons. The number of ether oxygens (including phenoxy) is 1. The van der Waals surface area contributed by atoms with Gasteiger partial charge in [-0.15, -0.1) is 0 Å². The van der Waals surface area contributed by atoms with Crippen molar-refractivity contribution in [3.63, 3.8) is 0 Å². The molecule has 2 aromatic carbocycles. The maximum atomic E-state index is 11.3. The fourth-order valence-corrected chi connectivity index (χ4v) is 3.88. The van der Waals surface area contributed by atoms with Crippen molar-refractivity contribution >= 4 is 11.7 Å². The highest BCUT2D eigenvalue weighted by Crippen LogP contribution is 2.43. The number of carbonyl (C=O) groups excluding carboxylic acids is 1. The predicted molar refractivity (Wildman–Crippen MR) is 89.2 cm³/mol. The minimum Gasteiger partial charge on any atom is -0.425 e. The fourth-order valence-electron chi connectivity index (χ4n) is 3.88. The maximum Gasteiger partial charge on any atom is 0.308 e. The van der Waals surface area contributed by atoms with E-state index in [4.69, 9.17) is 10.5 Å². The van der Waals surface area contributed by atoms with E-state index in [9.17, 15) is 4.79 Å². The lowest BCUT2D eigenvalue weighted by Gasteiger charge is -2.42. The van der Waals surface area contributed by atoms with Crippen molar-refractivity contribution in [2.45, 2.75) is 32.4 Å². The molecule has 0 aromatic heterocycles. The minimum absolute atomic E-state index is 0.268. The van der Waals surface area contributed by atoms with E-state index in [-0.39, 0.29) is 12.0 Å². The normalized spacial score (nSPS) is 19.4. The molecule has 0 amide bonds. The van der Waals surface area contributed by atoms with Gasteiger partial charge < -0.3 is 10.5 Å². The summed E-state index contributed by atoms with van der Waals surface area (Å²) in [6, 6.07) is 12.8. The van der Waals surface area contributed by atoms with Gasteiger partial charge in [0.15, 0.2) is 5.75 Å². The molecular formula is C19H20N2O2. The van der Waals surface area contributed by atoms with E-state index in [1.807, 2.05) is 6.07 Å². The van der Waals surface area contributed by atoms with Gasteiger partial charge in [-0.1, -0.05) is 30.3 Å². The average molecular weight is 308 g/mol. The van der Waals surface area contributed by atoms with Crippen molar-refractivity contribution in [1.82, 2.24) is 4.90 Å². The van der Waals surface area contributed by atoms with Crippen molar-refractivity contribution < 1.29 is 9.53 Å². The van der Waals surface area contributed by atoms with Crippen LogP contribution in [0.15, 0.2) is 36.4 Å². The summed E-state index contributed by atoms with van der Waals surface area (Å²) in [6.45, 7) is 3.40. The molecule has 0 saturated heterocycles. The smallest absolute Gasteiger partial charge is 0.308 e. The summed E-state index contributed by atoms with van der Waals surface area (Å²) in [5.41, 5.74) is 12.2. The zero-order valence-electron chi connectivity index (χ0n) is 13.2. The Hall–Kier alpha value is -2.33. The summed E-state index contributed by atoms with van der Waals surface area (Å²) in [7, 11) is 0. The largest absolute Gasteiger partial charge is 0.425 e. The zero-order valence-corrected chi connectivity index (χ0v) is 13.2. The van der Waals surface area contributed by atoms with Gasteiger partial charge in [0.05, 0.1) is 5.69 Å². The molecule has 0 bridgehead atoms. The number of benzene rings is 2. The molecule has 4 nitrogen and oxygen atoms in total. The monoisotopic (exact) mass is 308 g/mol. The van der Waals surface area contributed by atoms with E-state index in [0.717, 1.165) is 31.5 Å². The van der Waals surface area contributed by atoms with E-state index in [1.165, 1.54) is 23.6 Å². The van der Waals surface area contributed by atoms with Gasteiger partial charge in [-0.25, -0.2) is 0 Å². The third-order valence-corrected chi connectivity index (χ3v) is 4.94. The zero-order chi connectivity index (χ0) is 16.0. The number of nitrogen functional groups attached to an aromatic ring is 1. The summed E-state index contributed by atoms with van der Waals surface area (Å²) >= 11 is 0. The minimum atomic E-state index is -0.335. The van der Waals surface area contributed by atoms with Gasteiger partial charge in [-0.2, -0.15) is 0 Å². The van der Waals surface area contributed by atoms with Gasteiger partial charge in [-0.3, -0.25) is 9.69 Å². The SMILES string of the molecule is CC(=O)Oc1ccc2c(c1N)C1Cc3ccccc3CN1CC2. The lowest BCUT2D eigenvalue weighted by Crippen LogP contribution is -2.39. The van der Waals surface area contributed by atoms with Crippen molar-refractivity contribution in [3.05, 3.63) is 58.7 Å². The Kier molecular flexibility index (Phi) is 3.34. The van der Waals surface area contributed by atoms with Crippen molar-refractivity contribution in [2.75, 3.05) is 12.3 Å². The Morgan fingerprint density at radius 2 is 1.96 bits per heavy atom. The van der Waals surface area contributed by atoms with Crippen LogP contribution in [0.2, 0.25) is 0 Å². The molecule has 0 fully saturated rings. The predicted octanol–water partition coefficient (Wildman–Crippen LogP) is 2.85. The molecule has 2 aliphatic heterocycles. The summed E-state index contributed by atoms with van der Waals surface area (Å²) in [4.78, 5) is 13.8. The molecule has 2 heterocycles. The number of carbonyl (C=O) groups is 1. The van der Waals surface area contributed by atoms with Gasteiger partial charge in [0.2, 0.25) is 0 Å². The summed E-state index contributed by atoms with van der Waals surface area (Å²) < 4.78 is 5.28. The van der Waals surface area contributed by atoms with Gasteiger partial charge in [-0.05, 0) is 41.2 Å². The quantitative estimate of drug-likeness (QED) is 0.500. The molecule has 4 rings (SSSR count). The van der Waals surface area contributed by atoms with Gasteiger partial charge in [0, 0.05) is 26.1 Å². The average Bonchev–Trinajstić information content (AvgIpc) is 2.55. The van der Waals surface area contributed by atoms with Crippen molar-refractivity contribution in [2.24, 2.45) is 0 Å². The Labute approximate surface area is 135 Å². The Balaban J connectivity index is 1.78. The number of rotatable bonds is 1. The van der Waals surface area contributed by atoms with Crippen LogP contribution in [0.4, 0.5) is 5.69 Å². The molecule has 4 heteroatoms. The Morgan fingerprint density at radius 1 is 1.17 bits per heavy atom. The van der Waals surface area contributed by atoms with Gasteiger partial charge in [0.25, 0.3) is 0 Å². The first kappa shape index (κ1) is 14.3. The number of anilines is 1. The van der Waals surface area contributed by atoms with E-state index in [1.54, 1.807) is 0 Å². The van der Waals surface area contributed by atoms with Crippen LogP contribution in [0.1, 0.15) is 35.2 Å². The molecule has 0 aliphatic carbocycles. The molecule has 23 heavy (non-hydrogen) atoms. The summed E-state index contributed by atoms with van der Waals surface area (Å²) in [6.07, 6.45) is 1.94. The highest BCUT2D eigenvalue weighted by Gasteiger charge is 2.34. The van der Waals surface area contributed by atoms with Crippen LogP contribution in [-0.2, 0) is 24.2 Å². The number of fused-ring (bicyclic) bond motifs is 4. The van der Waals surface area contributed by atoms with Crippen LogP contribution < -0.4 is 10.5 Å². The first-order chi connectivity index (χ1) is 11.1. The highest BCUT2D eigenvalue weighted by molar-refractivity contribution is 5.74. The second-order valence-electron chi connectivity index (χ2n) is 6.35. The van der Waals surface area contributed by atoms with Crippen LogP contribution in [0.25, 0.3) is 0 Å². The van der Waals surface area contributed by atoms with Crippen LogP contribution in [-0.4, -0.2) is 17.4 Å². The van der Waals surface area contributed by atoms with Crippen LogP contribution in [0.5, 0.6) is 5.75 Å². The number of nitrogens with zero attached hydrogens (tertiary/aromatic N) is 1. The molecule has 2 N–H and O–H groups in total. The fraction of sp³-hybridized carbons (Fsp3) is 0.316. The van der Waals surface area contributed by atoms with Crippen molar-refractivity contribution in [1.29, 1.82) is 0 Å². The van der Waals surface area contributed by atoms with Gasteiger partial charge in [0.1, 0.15) is 0 Å². The lowest BCUT2D eigenvalue weighted by molar-refractivity contribution is -0.131. The topological polar surface area (TPSA) is 55.6 Å². The number of hydrogen-bond donors (Lipinski definition) is 1. The van der Waals surface area contributed by atoms with E-state index >= 15 is 0 Å². The summed E-state index contributed by atoms with van der Waals surface area (Å²) in [5, 5.41) is 0. The third kappa shape index (κ3) is 2.39. The standard InChI is InChI=1S/C19H20N2O2/c1-12(22)23-17-7-6-13-8-9-21-11-15-5-3-2-4-14(15)10-16(21)18(13)19(17)20/h2-7,16H,8-11,20H2,1H3. The molecule has 0 spiro atoms. The third-order valence-electron chi connectivity index (χ3n) is 4.94. The second kappa shape index (κ2) is 5.39. The highest BCUT2D eigenvalue weighted by atomic mass is 16.5. The lowest BCUT2D eigenvalue weighted by atomic mass is 9.83. The van der Waals surface area contributed by atoms with Crippen LogP contribution >= 0.6 is 0 Å². The van der Waals surface area contributed by atoms with Gasteiger partial charge >= 0.3 is 5.97 Å². The molecule has 2 aromatic rings. The Morgan fingerprint density at radius 3 is 2.74 bits per heavy atom. The molecule has 0 radical (unpaired) electrons. The molecule has 2 aliphatic rings. The van der Waals surface area contributed by atoms with E-state index in [0.29, 0.717) is 11.4 Å².